The van der Waals surface area contributed by atoms with Gasteiger partial charge in [0.15, 0.2) is 5.84 Å². The predicted molar refractivity (Wildman–Crippen MR) is 68.3 cm³/mol. The van der Waals surface area contributed by atoms with Crippen molar-refractivity contribution in [1.29, 1.82) is 0 Å². The lowest BCUT2D eigenvalue weighted by molar-refractivity contribution is 0.178. The number of hydrogen-bond acceptors (Lipinski definition) is 5. The Morgan fingerprint density at radius 3 is 3.18 bits per heavy atom. The van der Waals surface area contributed by atoms with Crippen molar-refractivity contribution in [2.75, 3.05) is 6.54 Å². The van der Waals surface area contributed by atoms with Crippen molar-refractivity contribution >= 4 is 17.2 Å². The Labute approximate surface area is 105 Å². The molecule has 1 fully saturated rings. The topological polar surface area (TPSA) is 74.7 Å². The minimum absolute atomic E-state index is 0.0537. The zero-order chi connectivity index (χ0) is 12.3. The minimum atomic E-state index is 0.0537. The van der Waals surface area contributed by atoms with Crippen LogP contribution in [-0.2, 0) is 6.54 Å². The van der Waals surface area contributed by atoms with E-state index in [1.807, 2.05) is 6.92 Å². The molecule has 1 aromatic heterocycles. The van der Waals surface area contributed by atoms with Crippen molar-refractivity contribution in [2.24, 2.45) is 10.9 Å². The van der Waals surface area contributed by atoms with E-state index in [9.17, 15) is 0 Å². The summed E-state index contributed by atoms with van der Waals surface area (Å²) < 4.78 is 0. The summed E-state index contributed by atoms with van der Waals surface area (Å²) in [4.78, 5) is 6.70. The molecule has 17 heavy (non-hydrogen) atoms. The normalized spacial score (nSPS) is 22.9. The molecule has 3 N–H and O–H groups in total. The summed E-state index contributed by atoms with van der Waals surface area (Å²) in [5.41, 5.74) is 6.80. The maximum atomic E-state index is 8.80. The van der Waals surface area contributed by atoms with Gasteiger partial charge in [0, 0.05) is 11.1 Å². The molecule has 1 atom stereocenters. The van der Waals surface area contributed by atoms with Gasteiger partial charge in [-0.3, -0.25) is 4.90 Å². The highest BCUT2D eigenvalue weighted by Crippen LogP contribution is 2.21. The van der Waals surface area contributed by atoms with E-state index >= 15 is 0 Å². The van der Waals surface area contributed by atoms with Crippen LogP contribution in [0.2, 0.25) is 0 Å². The largest absolute Gasteiger partial charge is 0.409 e. The lowest BCUT2D eigenvalue weighted by atomic mass is 10.0. The summed E-state index contributed by atoms with van der Waals surface area (Å²) in [6, 6.07) is 0.0537. The molecular formula is C11H18N4OS. The van der Waals surface area contributed by atoms with Crippen LogP contribution < -0.4 is 5.73 Å². The molecule has 0 radical (unpaired) electrons. The van der Waals surface area contributed by atoms with Gasteiger partial charge in [0.25, 0.3) is 0 Å². The molecule has 94 valence electrons. The van der Waals surface area contributed by atoms with Crippen LogP contribution in [0.1, 0.15) is 30.0 Å². The van der Waals surface area contributed by atoms with E-state index in [1.165, 1.54) is 6.42 Å². The molecule has 0 amide bonds. The van der Waals surface area contributed by atoms with Crippen LogP contribution in [0.4, 0.5) is 0 Å². The van der Waals surface area contributed by atoms with Crippen molar-refractivity contribution in [2.45, 2.75) is 38.8 Å². The molecule has 0 aromatic carbocycles. The van der Waals surface area contributed by atoms with Crippen molar-refractivity contribution in [3.05, 3.63) is 16.1 Å². The number of aromatic nitrogens is 1. The van der Waals surface area contributed by atoms with E-state index in [0.717, 1.165) is 36.6 Å². The molecule has 0 bridgehead atoms. The molecule has 1 saturated heterocycles. The number of oxime groups is 1. The van der Waals surface area contributed by atoms with Gasteiger partial charge in [-0.2, -0.15) is 0 Å². The zero-order valence-corrected chi connectivity index (χ0v) is 10.8. The van der Waals surface area contributed by atoms with Gasteiger partial charge in [-0.25, -0.2) is 4.98 Å². The summed E-state index contributed by atoms with van der Waals surface area (Å²) in [5.74, 6) is 0.318. The number of aryl methyl sites for hydroxylation is 1. The molecule has 0 saturated carbocycles. The first-order chi connectivity index (χ1) is 8.20. The molecule has 1 aromatic rings. The molecule has 2 rings (SSSR count). The number of rotatable bonds is 3. The average molecular weight is 254 g/mol. The molecule has 5 nitrogen and oxygen atoms in total. The molecule has 1 unspecified atom stereocenters. The van der Waals surface area contributed by atoms with E-state index < -0.39 is 0 Å². The highest BCUT2D eigenvalue weighted by molar-refractivity contribution is 7.09. The van der Waals surface area contributed by atoms with Gasteiger partial charge in [-0.1, -0.05) is 11.6 Å². The Bertz CT molecular complexity index is 404. The van der Waals surface area contributed by atoms with Gasteiger partial charge in [0.1, 0.15) is 5.01 Å². The lowest BCUT2D eigenvalue weighted by Gasteiger charge is -2.33. The van der Waals surface area contributed by atoms with E-state index in [4.69, 9.17) is 10.9 Å². The molecule has 0 spiro atoms. The molecule has 1 aliphatic rings. The van der Waals surface area contributed by atoms with Crippen LogP contribution in [0.5, 0.6) is 0 Å². The van der Waals surface area contributed by atoms with Crippen LogP contribution in [0, 0.1) is 6.92 Å². The van der Waals surface area contributed by atoms with E-state index in [1.54, 1.807) is 11.3 Å². The van der Waals surface area contributed by atoms with Crippen molar-refractivity contribution in [1.82, 2.24) is 9.88 Å². The van der Waals surface area contributed by atoms with Gasteiger partial charge in [-0.05, 0) is 26.3 Å². The number of thiazole rings is 1. The van der Waals surface area contributed by atoms with Crippen molar-refractivity contribution < 1.29 is 5.21 Å². The molecule has 2 heterocycles. The number of piperidine rings is 1. The zero-order valence-electron chi connectivity index (χ0n) is 9.96. The van der Waals surface area contributed by atoms with Gasteiger partial charge in [0.05, 0.1) is 12.6 Å². The highest BCUT2D eigenvalue weighted by Gasteiger charge is 2.26. The molecule has 6 heteroatoms. The van der Waals surface area contributed by atoms with E-state index in [-0.39, 0.29) is 6.04 Å². The second kappa shape index (κ2) is 5.46. The Morgan fingerprint density at radius 1 is 1.71 bits per heavy atom. The maximum absolute atomic E-state index is 8.80. The SMILES string of the molecule is Cc1csc(CN2CCCCC2C(N)=NO)n1. The van der Waals surface area contributed by atoms with Gasteiger partial charge >= 0.3 is 0 Å². The maximum Gasteiger partial charge on any atom is 0.156 e. The van der Waals surface area contributed by atoms with Crippen LogP contribution in [0.15, 0.2) is 10.5 Å². The van der Waals surface area contributed by atoms with Crippen LogP contribution in [0.3, 0.4) is 0 Å². The number of likely N-dealkylation sites (tertiary alicyclic amines) is 1. The first-order valence-electron chi connectivity index (χ1n) is 5.83. The third kappa shape index (κ3) is 2.95. The summed E-state index contributed by atoms with van der Waals surface area (Å²) in [7, 11) is 0. The summed E-state index contributed by atoms with van der Waals surface area (Å²) >= 11 is 1.67. The molecular weight excluding hydrogens is 236 g/mol. The summed E-state index contributed by atoms with van der Waals surface area (Å²) in [6.07, 6.45) is 3.26. The quantitative estimate of drug-likeness (QED) is 0.371. The first kappa shape index (κ1) is 12.3. The Hall–Kier alpha value is -1.14. The average Bonchev–Trinajstić information content (AvgIpc) is 2.74. The fraction of sp³-hybridized carbons (Fsp3) is 0.636. The Kier molecular flexibility index (Phi) is 3.96. The predicted octanol–water partition coefficient (Wildman–Crippen LogP) is 1.55. The summed E-state index contributed by atoms with van der Waals surface area (Å²) in [6.45, 7) is 3.77. The van der Waals surface area contributed by atoms with Crippen LogP contribution >= 0.6 is 11.3 Å². The Morgan fingerprint density at radius 2 is 2.53 bits per heavy atom. The number of hydrogen-bond donors (Lipinski definition) is 2. The van der Waals surface area contributed by atoms with Gasteiger partial charge in [0.2, 0.25) is 0 Å². The van der Waals surface area contributed by atoms with Crippen molar-refractivity contribution in [3.8, 4) is 0 Å². The highest BCUT2D eigenvalue weighted by atomic mass is 32.1. The fourth-order valence-corrected chi connectivity index (χ4v) is 3.03. The number of nitrogens with zero attached hydrogens (tertiary/aromatic N) is 3. The van der Waals surface area contributed by atoms with Gasteiger partial charge < -0.3 is 10.9 Å². The number of amidine groups is 1. The van der Waals surface area contributed by atoms with Crippen LogP contribution in [0.25, 0.3) is 0 Å². The van der Waals surface area contributed by atoms with Crippen molar-refractivity contribution in [3.63, 3.8) is 0 Å². The minimum Gasteiger partial charge on any atom is -0.409 e. The second-order valence-electron chi connectivity index (χ2n) is 4.39. The first-order valence-corrected chi connectivity index (χ1v) is 6.71. The number of nitrogens with two attached hydrogens (primary N) is 1. The second-order valence-corrected chi connectivity index (χ2v) is 5.33. The molecule has 0 aliphatic carbocycles. The standard InChI is InChI=1S/C11H18N4OS/c1-8-7-17-10(13-8)6-15-5-3-2-4-9(15)11(12)14-16/h7,9,16H,2-6H2,1H3,(H2,12,14). The smallest absolute Gasteiger partial charge is 0.156 e. The fourth-order valence-electron chi connectivity index (χ4n) is 2.23. The van der Waals surface area contributed by atoms with Gasteiger partial charge in [-0.15, -0.1) is 11.3 Å². The van der Waals surface area contributed by atoms with E-state index in [0.29, 0.717) is 5.84 Å². The van der Waals surface area contributed by atoms with Crippen LogP contribution in [-0.4, -0.2) is 33.5 Å². The Balaban J connectivity index is 2.06. The van der Waals surface area contributed by atoms with E-state index in [2.05, 4.69) is 20.4 Å². The summed E-state index contributed by atoms with van der Waals surface area (Å²) in [5, 5.41) is 15.1. The lowest BCUT2D eigenvalue weighted by Crippen LogP contribution is -2.47. The third-order valence-corrected chi connectivity index (χ3v) is 4.03. The third-order valence-electron chi connectivity index (χ3n) is 3.08. The monoisotopic (exact) mass is 254 g/mol. The molecule has 1 aliphatic heterocycles.